The molecule has 2 aromatic heterocycles. The molecule has 2 heterocycles. The summed E-state index contributed by atoms with van der Waals surface area (Å²) in [5.41, 5.74) is 1.37. The summed E-state index contributed by atoms with van der Waals surface area (Å²) in [6.45, 7) is 2.27. The van der Waals surface area contributed by atoms with Crippen LogP contribution in [0.2, 0.25) is 0 Å². The number of carbonyl (C=O) groups excluding carboxylic acids is 1. The Morgan fingerprint density at radius 2 is 1.45 bits per heavy atom. The van der Waals surface area contributed by atoms with Crippen LogP contribution in [0.3, 0.4) is 0 Å². The zero-order chi connectivity index (χ0) is 22.6. The summed E-state index contributed by atoms with van der Waals surface area (Å²) in [6, 6.07) is 2.81. The lowest BCUT2D eigenvalue weighted by atomic mass is 10.4. The summed E-state index contributed by atoms with van der Waals surface area (Å²) < 4.78 is 46.7. The van der Waals surface area contributed by atoms with Crippen LogP contribution in [0.4, 0.5) is 0 Å². The van der Waals surface area contributed by atoms with Gasteiger partial charge in [-0.05, 0) is 7.05 Å². The highest BCUT2D eigenvalue weighted by molar-refractivity contribution is 7.89. The number of nitrogens with two attached hydrogens (primary N) is 2. The molecule has 164 valence electrons. The van der Waals surface area contributed by atoms with Crippen molar-refractivity contribution in [2.24, 2.45) is 24.4 Å². The van der Waals surface area contributed by atoms with E-state index in [0.29, 0.717) is 12.2 Å². The molecule has 0 radical (unpaired) electrons. The second kappa shape index (κ2) is 9.45. The SMILES string of the molecule is CC(=O)N(C)Cc1cc(S(N)(=O)=O)nn1C.CNCc1cc(S(N)(=O)=O)nn1C. The molecule has 0 aromatic carbocycles. The van der Waals surface area contributed by atoms with E-state index in [-0.39, 0.29) is 22.5 Å². The highest BCUT2D eigenvalue weighted by Gasteiger charge is 2.16. The minimum Gasteiger partial charge on any atom is -0.340 e. The number of aromatic nitrogens is 4. The van der Waals surface area contributed by atoms with Crippen LogP contribution in [0, 0.1) is 0 Å². The second-order valence-electron chi connectivity index (χ2n) is 6.19. The molecule has 0 aliphatic carbocycles. The van der Waals surface area contributed by atoms with Gasteiger partial charge in [-0.3, -0.25) is 14.2 Å². The van der Waals surface area contributed by atoms with E-state index in [0.717, 1.165) is 5.69 Å². The molecule has 0 aliphatic heterocycles. The van der Waals surface area contributed by atoms with Gasteiger partial charge >= 0.3 is 0 Å². The highest BCUT2D eigenvalue weighted by atomic mass is 32.2. The number of primary sulfonamides is 2. The third-order valence-electron chi connectivity index (χ3n) is 3.79. The predicted octanol–water partition coefficient (Wildman–Crippen LogP) is -2.17. The number of nitrogens with zero attached hydrogens (tertiary/aromatic N) is 5. The van der Waals surface area contributed by atoms with E-state index in [1.54, 1.807) is 28.2 Å². The molecule has 2 rings (SSSR count). The molecular weight excluding hydrogens is 424 g/mol. The number of hydrogen-bond donors (Lipinski definition) is 3. The van der Waals surface area contributed by atoms with Crippen LogP contribution in [0.5, 0.6) is 0 Å². The van der Waals surface area contributed by atoms with E-state index >= 15 is 0 Å². The molecule has 1 amide bonds. The second-order valence-corrected chi connectivity index (χ2v) is 9.21. The van der Waals surface area contributed by atoms with Gasteiger partial charge in [0.05, 0.1) is 17.9 Å². The first-order valence-electron chi connectivity index (χ1n) is 8.14. The van der Waals surface area contributed by atoms with Crippen molar-refractivity contribution >= 4 is 26.0 Å². The van der Waals surface area contributed by atoms with Crippen molar-refractivity contribution in [2.45, 2.75) is 30.1 Å². The maximum absolute atomic E-state index is 11.0. The summed E-state index contributed by atoms with van der Waals surface area (Å²) in [6.07, 6.45) is 0. The molecular formula is C14H26N8O5S2. The lowest BCUT2D eigenvalue weighted by Crippen LogP contribution is -2.24. The Labute approximate surface area is 169 Å². The molecule has 0 bridgehead atoms. The Hall–Kier alpha value is -2.33. The van der Waals surface area contributed by atoms with Crippen LogP contribution in [0.1, 0.15) is 18.3 Å². The Bertz CT molecular complexity index is 1070. The molecule has 0 saturated carbocycles. The number of hydrogen-bond acceptors (Lipinski definition) is 8. The molecule has 0 aliphatic rings. The van der Waals surface area contributed by atoms with Gasteiger partial charge in [-0.15, -0.1) is 0 Å². The predicted molar refractivity (Wildman–Crippen MR) is 104 cm³/mol. The fourth-order valence-electron chi connectivity index (χ4n) is 2.08. The quantitative estimate of drug-likeness (QED) is 0.443. The number of sulfonamides is 2. The number of rotatable bonds is 6. The lowest BCUT2D eigenvalue weighted by Gasteiger charge is -2.14. The van der Waals surface area contributed by atoms with Gasteiger partial charge < -0.3 is 10.2 Å². The first kappa shape index (κ1) is 24.7. The van der Waals surface area contributed by atoms with E-state index in [2.05, 4.69) is 15.5 Å². The molecule has 0 atom stereocenters. The average Bonchev–Trinajstić information content (AvgIpc) is 3.12. The molecule has 29 heavy (non-hydrogen) atoms. The molecule has 13 nitrogen and oxygen atoms in total. The lowest BCUT2D eigenvalue weighted by molar-refractivity contribution is -0.128. The molecule has 5 N–H and O–H groups in total. The molecule has 0 spiro atoms. The minimum absolute atomic E-state index is 0.0970. The van der Waals surface area contributed by atoms with Gasteiger partial charge in [0.2, 0.25) is 5.91 Å². The van der Waals surface area contributed by atoms with Gasteiger partial charge in [0.25, 0.3) is 20.0 Å². The maximum Gasteiger partial charge on any atom is 0.257 e. The number of nitrogens with one attached hydrogen (secondary N) is 1. The van der Waals surface area contributed by atoms with E-state index in [1.165, 1.54) is 33.3 Å². The van der Waals surface area contributed by atoms with Crippen molar-refractivity contribution in [3.8, 4) is 0 Å². The third-order valence-corrected chi connectivity index (χ3v) is 5.35. The van der Waals surface area contributed by atoms with E-state index in [1.807, 2.05) is 0 Å². The van der Waals surface area contributed by atoms with Crippen LogP contribution in [-0.2, 0) is 52.0 Å². The van der Waals surface area contributed by atoms with Crippen molar-refractivity contribution in [3.05, 3.63) is 23.5 Å². The fraction of sp³-hybridized carbons (Fsp3) is 0.500. The summed E-state index contributed by atoms with van der Waals surface area (Å²) in [5.74, 6) is -0.113. The normalized spacial score (nSPS) is 11.7. The summed E-state index contributed by atoms with van der Waals surface area (Å²) >= 11 is 0. The van der Waals surface area contributed by atoms with Crippen molar-refractivity contribution < 1.29 is 21.6 Å². The third kappa shape index (κ3) is 7.21. The largest absolute Gasteiger partial charge is 0.340 e. The number of aryl methyl sites for hydroxylation is 2. The number of carbonyl (C=O) groups is 1. The van der Waals surface area contributed by atoms with E-state index in [9.17, 15) is 21.6 Å². The smallest absolute Gasteiger partial charge is 0.257 e. The van der Waals surface area contributed by atoms with Crippen LogP contribution < -0.4 is 15.6 Å². The van der Waals surface area contributed by atoms with E-state index in [4.69, 9.17) is 10.3 Å². The summed E-state index contributed by atoms with van der Waals surface area (Å²) in [4.78, 5) is 12.5. The van der Waals surface area contributed by atoms with Crippen molar-refractivity contribution in [1.82, 2.24) is 29.8 Å². The zero-order valence-electron chi connectivity index (χ0n) is 16.8. The van der Waals surface area contributed by atoms with E-state index < -0.39 is 20.0 Å². The maximum atomic E-state index is 11.0. The molecule has 2 aromatic rings. The molecule has 15 heteroatoms. The topological polar surface area (TPSA) is 188 Å². The van der Waals surface area contributed by atoms with Crippen LogP contribution in [0.15, 0.2) is 22.2 Å². The first-order chi connectivity index (χ1) is 13.2. The Morgan fingerprint density at radius 1 is 1.03 bits per heavy atom. The Kier molecular flexibility index (Phi) is 8.05. The van der Waals surface area contributed by atoms with Gasteiger partial charge in [-0.1, -0.05) is 0 Å². The van der Waals surface area contributed by atoms with Gasteiger partial charge in [0, 0.05) is 46.7 Å². The van der Waals surface area contributed by atoms with Crippen molar-refractivity contribution in [1.29, 1.82) is 0 Å². The fourth-order valence-corrected chi connectivity index (χ4v) is 3.15. The molecule has 0 unspecified atom stereocenters. The average molecular weight is 451 g/mol. The summed E-state index contributed by atoms with van der Waals surface area (Å²) in [5, 5.41) is 20.0. The molecule has 0 fully saturated rings. The number of amides is 1. The molecule has 0 saturated heterocycles. The summed E-state index contributed by atoms with van der Waals surface area (Å²) in [7, 11) is -0.831. The monoisotopic (exact) mass is 450 g/mol. The Morgan fingerprint density at radius 3 is 1.79 bits per heavy atom. The highest BCUT2D eigenvalue weighted by Crippen LogP contribution is 2.09. The van der Waals surface area contributed by atoms with Gasteiger partial charge in [-0.25, -0.2) is 27.1 Å². The zero-order valence-corrected chi connectivity index (χ0v) is 18.5. The minimum atomic E-state index is -3.80. The van der Waals surface area contributed by atoms with Crippen LogP contribution >= 0.6 is 0 Å². The van der Waals surface area contributed by atoms with Crippen molar-refractivity contribution in [3.63, 3.8) is 0 Å². The Balaban J connectivity index is 0.000000296. The van der Waals surface area contributed by atoms with Gasteiger partial charge in [-0.2, -0.15) is 10.2 Å². The van der Waals surface area contributed by atoms with Crippen LogP contribution in [-0.4, -0.2) is 61.3 Å². The van der Waals surface area contributed by atoms with Gasteiger partial charge in [0.15, 0.2) is 10.1 Å². The first-order valence-corrected chi connectivity index (χ1v) is 11.2. The van der Waals surface area contributed by atoms with Crippen LogP contribution in [0.25, 0.3) is 0 Å². The van der Waals surface area contributed by atoms with Crippen molar-refractivity contribution in [2.75, 3.05) is 14.1 Å². The van der Waals surface area contributed by atoms with Gasteiger partial charge in [0.1, 0.15) is 0 Å². The standard InChI is InChI=1S/C8H14N4O3S.C6H12N4O2S/c1-6(13)11(2)5-7-4-8(10-12(7)3)16(9,14)15;1-8-4-5-3-6(9-10(5)2)13(7,11)12/h4H,5H2,1-3H3,(H2,9,14,15);3,8H,4H2,1-2H3,(H2,7,11,12).